The first-order chi connectivity index (χ1) is 7.81. The van der Waals surface area contributed by atoms with Crippen LogP contribution in [0.2, 0.25) is 0 Å². The van der Waals surface area contributed by atoms with Crippen molar-refractivity contribution < 1.29 is 0 Å². The summed E-state index contributed by atoms with van der Waals surface area (Å²) in [7, 11) is 0. The van der Waals surface area contributed by atoms with Crippen LogP contribution in [0.3, 0.4) is 0 Å². The summed E-state index contributed by atoms with van der Waals surface area (Å²) in [6.45, 7) is 0. The van der Waals surface area contributed by atoms with Crippen molar-refractivity contribution in [2.75, 3.05) is 0 Å². The highest BCUT2D eigenvalue weighted by atomic mass is 35.5. The average molecular weight is 251 g/mol. The molecule has 2 N–H and O–H groups in total. The van der Waals surface area contributed by atoms with Crippen LogP contribution in [-0.2, 0) is 0 Å². The third-order valence-corrected chi connectivity index (χ3v) is 3.56. The van der Waals surface area contributed by atoms with Gasteiger partial charge in [0.2, 0.25) is 0 Å². The average Bonchev–Trinajstić information content (AvgIpc) is 2.39. The molecule has 1 aromatic rings. The van der Waals surface area contributed by atoms with Gasteiger partial charge in [0.25, 0.3) is 0 Å². The highest BCUT2D eigenvalue weighted by Gasteiger charge is 2.21. The van der Waals surface area contributed by atoms with E-state index in [1.54, 1.807) is 0 Å². The van der Waals surface area contributed by atoms with Gasteiger partial charge in [-0.3, -0.25) is 0 Å². The standard InChI is InChI=1S/C14H18N2.ClH/c15-10-11-5-4-8-13(9-11)14(16)12-6-2-1-3-7-12;/h4-5,8-9,12,14H,1-3,6-7,16H2;1H/t14-;/m1./s1. The van der Waals surface area contributed by atoms with E-state index in [1.165, 1.54) is 32.1 Å². The van der Waals surface area contributed by atoms with E-state index < -0.39 is 0 Å². The summed E-state index contributed by atoms with van der Waals surface area (Å²) in [5.41, 5.74) is 8.11. The smallest absolute Gasteiger partial charge is 0.0991 e. The number of nitrogens with zero attached hydrogens (tertiary/aromatic N) is 1. The molecule has 1 atom stereocenters. The van der Waals surface area contributed by atoms with Gasteiger partial charge in [0, 0.05) is 6.04 Å². The highest BCUT2D eigenvalue weighted by Crippen LogP contribution is 2.32. The van der Waals surface area contributed by atoms with Crippen molar-refractivity contribution in [2.45, 2.75) is 38.1 Å². The lowest BCUT2D eigenvalue weighted by atomic mass is 9.81. The first-order valence-electron chi connectivity index (χ1n) is 6.07. The topological polar surface area (TPSA) is 49.8 Å². The van der Waals surface area contributed by atoms with Gasteiger partial charge in [-0.25, -0.2) is 0 Å². The van der Waals surface area contributed by atoms with Gasteiger partial charge in [-0.2, -0.15) is 5.26 Å². The molecule has 0 radical (unpaired) electrons. The summed E-state index contributed by atoms with van der Waals surface area (Å²) in [5.74, 6) is 0.600. The third-order valence-electron chi connectivity index (χ3n) is 3.56. The van der Waals surface area contributed by atoms with Crippen LogP contribution < -0.4 is 5.73 Å². The number of rotatable bonds is 2. The Hall–Kier alpha value is -1.04. The molecular formula is C14H19ClN2. The zero-order valence-corrected chi connectivity index (χ0v) is 10.7. The molecule has 0 spiro atoms. The lowest BCUT2D eigenvalue weighted by Crippen LogP contribution is -2.23. The van der Waals surface area contributed by atoms with Crippen molar-refractivity contribution in [3.63, 3.8) is 0 Å². The van der Waals surface area contributed by atoms with E-state index in [1.807, 2.05) is 24.3 Å². The van der Waals surface area contributed by atoms with E-state index in [2.05, 4.69) is 6.07 Å². The second-order valence-corrected chi connectivity index (χ2v) is 4.66. The highest BCUT2D eigenvalue weighted by molar-refractivity contribution is 5.85. The molecule has 0 unspecified atom stereocenters. The number of hydrogen-bond donors (Lipinski definition) is 1. The minimum absolute atomic E-state index is 0. The molecule has 2 nitrogen and oxygen atoms in total. The number of nitriles is 1. The van der Waals surface area contributed by atoms with Crippen LogP contribution >= 0.6 is 12.4 Å². The molecule has 0 bridgehead atoms. The van der Waals surface area contributed by atoms with Gasteiger partial charge in [0.05, 0.1) is 11.6 Å². The van der Waals surface area contributed by atoms with E-state index in [0.29, 0.717) is 11.5 Å². The molecule has 1 aromatic carbocycles. The van der Waals surface area contributed by atoms with Crippen LogP contribution in [0.1, 0.15) is 49.3 Å². The van der Waals surface area contributed by atoms with Crippen molar-refractivity contribution >= 4 is 12.4 Å². The molecule has 0 aliphatic heterocycles. The number of benzene rings is 1. The second kappa shape index (κ2) is 6.64. The lowest BCUT2D eigenvalue weighted by molar-refractivity contribution is 0.308. The molecule has 0 amide bonds. The largest absolute Gasteiger partial charge is 0.324 e. The first kappa shape index (κ1) is 14.0. The third kappa shape index (κ3) is 3.46. The molecule has 1 saturated carbocycles. The molecule has 17 heavy (non-hydrogen) atoms. The maximum atomic E-state index is 8.86. The molecule has 1 aliphatic rings. The summed E-state index contributed by atoms with van der Waals surface area (Å²) in [4.78, 5) is 0. The Labute approximate surface area is 109 Å². The van der Waals surface area contributed by atoms with Crippen LogP contribution in [-0.4, -0.2) is 0 Å². The predicted octanol–water partition coefficient (Wildman–Crippen LogP) is 3.56. The molecule has 0 heterocycles. The lowest BCUT2D eigenvalue weighted by Gasteiger charge is -2.27. The van der Waals surface area contributed by atoms with Gasteiger partial charge >= 0.3 is 0 Å². The second-order valence-electron chi connectivity index (χ2n) is 4.66. The minimum atomic E-state index is 0. The van der Waals surface area contributed by atoms with Crippen molar-refractivity contribution in [2.24, 2.45) is 11.7 Å². The molecule has 92 valence electrons. The molecular weight excluding hydrogens is 232 g/mol. The summed E-state index contributed by atoms with van der Waals surface area (Å²) in [5, 5.41) is 8.86. The van der Waals surface area contributed by atoms with E-state index >= 15 is 0 Å². The van der Waals surface area contributed by atoms with Gasteiger partial charge in [-0.15, -0.1) is 12.4 Å². The van der Waals surface area contributed by atoms with Gasteiger partial charge in [0.15, 0.2) is 0 Å². The number of halogens is 1. The Morgan fingerprint density at radius 3 is 2.59 bits per heavy atom. The predicted molar refractivity (Wildman–Crippen MR) is 71.9 cm³/mol. The summed E-state index contributed by atoms with van der Waals surface area (Å²) >= 11 is 0. The zero-order chi connectivity index (χ0) is 11.4. The first-order valence-corrected chi connectivity index (χ1v) is 6.07. The van der Waals surface area contributed by atoms with Crippen molar-refractivity contribution in [1.82, 2.24) is 0 Å². The Morgan fingerprint density at radius 2 is 1.94 bits per heavy atom. The fourth-order valence-corrected chi connectivity index (χ4v) is 2.58. The van der Waals surface area contributed by atoms with E-state index in [0.717, 1.165) is 5.56 Å². The molecule has 1 fully saturated rings. The molecule has 1 aliphatic carbocycles. The number of nitrogens with two attached hydrogens (primary N) is 1. The van der Waals surface area contributed by atoms with Gasteiger partial charge in [-0.05, 0) is 36.5 Å². The minimum Gasteiger partial charge on any atom is -0.324 e. The van der Waals surface area contributed by atoms with Crippen molar-refractivity contribution in [1.29, 1.82) is 5.26 Å². The van der Waals surface area contributed by atoms with Crippen LogP contribution in [0.15, 0.2) is 24.3 Å². The van der Waals surface area contributed by atoms with Gasteiger partial charge in [-0.1, -0.05) is 31.4 Å². The van der Waals surface area contributed by atoms with E-state index in [4.69, 9.17) is 11.0 Å². The fourth-order valence-electron chi connectivity index (χ4n) is 2.58. The summed E-state index contributed by atoms with van der Waals surface area (Å²) in [6.07, 6.45) is 6.42. The van der Waals surface area contributed by atoms with E-state index in [9.17, 15) is 0 Å². The fraction of sp³-hybridized carbons (Fsp3) is 0.500. The summed E-state index contributed by atoms with van der Waals surface area (Å²) < 4.78 is 0. The molecule has 3 heteroatoms. The Morgan fingerprint density at radius 1 is 1.24 bits per heavy atom. The van der Waals surface area contributed by atoms with Crippen LogP contribution in [0.4, 0.5) is 0 Å². The zero-order valence-electron chi connectivity index (χ0n) is 9.93. The molecule has 0 saturated heterocycles. The quantitative estimate of drug-likeness (QED) is 0.873. The summed E-state index contributed by atoms with van der Waals surface area (Å²) in [6, 6.07) is 10.0. The van der Waals surface area contributed by atoms with Gasteiger partial charge < -0.3 is 5.73 Å². The molecule has 0 aromatic heterocycles. The Balaban J connectivity index is 0.00000144. The van der Waals surface area contributed by atoms with Crippen LogP contribution in [0, 0.1) is 17.2 Å². The van der Waals surface area contributed by atoms with Crippen LogP contribution in [0.25, 0.3) is 0 Å². The van der Waals surface area contributed by atoms with Crippen LogP contribution in [0.5, 0.6) is 0 Å². The Kier molecular flexibility index (Phi) is 5.47. The number of hydrogen-bond acceptors (Lipinski definition) is 2. The van der Waals surface area contributed by atoms with E-state index in [-0.39, 0.29) is 18.4 Å². The van der Waals surface area contributed by atoms with Gasteiger partial charge in [0.1, 0.15) is 0 Å². The van der Waals surface area contributed by atoms with Crippen molar-refractivity contribution in [3.8, 4) is 6.07 Å². The normalized spacial score (nSPS) is 17.9. The van der Waals surface area contributed by atoms with Crippen molar-refractivity contribution in [3.05, 3.63) is 35.4 Å². The SMILES string of the molecule is Cl.N#Cc1cccc([C@H](N)C2CCCCC2)c1. The maximum absolute atomic E-state index is 8.86. The maximum Gasteiger partial charge on any atom is 0.0991 e. The molecule has 2 rings (SSSR count). The monoisotopic (exact) mass is 250 g/mol. The Bertz CT molecular complexity index is 391.